The van der Waals surface area contributed by atoms with Crippen LogP contribution in [-0.2, 0) is 6.42 Å². The minimum Gasteiger partial charge on any atom is -0.370 e. The Morgan fingerprint density at radius 3 is 2.75 bits per heavy atom. The van der Waals surface area contributed by atoms with E-state index in [-0.39, 0.29) is 5.96 Å². The Bertz CT molecular complexity index is 644. The van der Waals surface area contributed by atoms with E-state index in [0.717, 1.165) is 52.9 Å². The molecule has 1 aliphatic heterocycles. The molecular weight excluding hydrogens is 318 g/mol. The summed E-state index contributed by atoms with van der Waals surface area (Å²) in [5.74, 6) is 0.812. The number of nitrogens with two attached hydrogens (primary N) is 1. The molecule has 5 nitrogen and oxygen atoms in total. The second-order valence-corrected chi connectivity index (χ2v) is 5.78. The van der Waals surface area contributed by atoms with E-state index in [2.05, 4.69) is 26.3 Å². The largest absolute Gasteiger partial charge is 0.370 e. The highest BCUT2D eigenvalue weighted by molar-refractivity contribution is 9.10. The van der Waals surface area contributed by atoms with Crippen LogP contribution in [0.15, 0.2) is 28.7 Å². The van der Waals surface area contributed by atoms with Crippen molar-refractivity contribution in [2.24, 2.45) is 5.73 Å². The zero-order valence-corrected chi connectivity index (χ0v) is 12.6. The maximum absolute atomic E-state index is 7.69. The number of nitrogens with one attached hydrogen (secondary N) is 2. The molecule has 0 amide bonds. The van der Waals surface area contributed by atoms with Gasteiger partial charge in [0.25, 0.3) is 0 Å². The second-order valence-electron chi connectivity index (χ2n) is 4.86. The minimum atomic E-state index is -0.0565. The molecule has 2 heterocycles. The molecule has 6 heteroatoms. The molecule has 3 rings (SSSR count). The first-order chi connectivity index (χ1) is 9.66. The van der Waals surface area contributed by atoms with Gasteiger partial charge < -0.3 is 11.1 Å². The van der Waals surface area contributed by atoms with Crippen molar-refractivity contribution >= 4 is 27.7 Å². The first kappa shape index (κ1) is 13.2. The number of rotatable bonds is 1. The van der Waals surface area contributed by atoms with E-state index in [4.69, 9.17) is 11.1 Å². The van der Waals surface area contributed by atoms with Gasteiger partial charge in [-0.25, -0.2) is 0 Å². The SMILES string of the molecule is N=C(N)n1nc(-c2ccc(Br)cc2)c2c1NCCCC2. The van der Waals surface area contributed by atoms with Crippen molar-refractivity contribution in [3.8, 4) is 11.3 Å². The molecular formula is C14H16BrN5. The van der Waals surface area contributed by atoms with E-state index in [1.807, 2.05) is 24.3 Å². The summed E-state index contributed by atoms with van der Waals surface area (Å²) >= 11 is 3.44. The van der Waals surface area contributed by atoms with Crippen LogP contribution in [0.2, 0.25) is 0 Å². The monoisotopic (exact) mass is 333 g/mol. The molecule has 0 bridgehead atoms. The summed E-state index contributed by atoms with van der Waals surface area (Å²) in [7, 11) is 0. The zero-order valence-electron chi connectivity index (χ0n) is 11.0. The topological polar surface area (TPSA) is 79.7 Å². The average molecular weight is 334 g/mol. The molecule has 0 fully saturated rings. The van der Waals surface area contributed by atoms with Gasteiger partial charge in [-0.1, -0.05) is 28.1 Å². The summed E-state index contributed by atoms with van der Waals surface area (Å²) in [4.78, 5) is 0. The van der Waals surface area contributed by atoms with E-state index in [1.165, 1.54) is 4.68 Å². The van der Waals surface area contributed by atoms with Crippen molar-refractivity contribution in [2.45, 2.75) is 19.3 Å². The normalized spacial score (nSPS) is 14.2. The second kappa shape index (κ2) is 5.28. The Labute approximate surface area is 125 Å². The first-order valence-electron chi connectivity index (χ1n) is 6.63. The number of hydrogen-bond donors (Lipinski definition) is 3. The van der Waals surface area contributed by atoms with Crippen molar-refractivity contribution in [3.05, 3.63) is 34.3 Å². The minimum absolute atomic E-state index is 0.0565. The molecule has 1 aromatic carbocycles. The quantitative estimate of drug-likeness (QED) is 0.554. The van der Waals surface area contributed by atoms with Gasteiger partial charge in [-0.3, -0.25) is 5.41 Å². The van der Waals surface area contributed by atoms with E-state index in [9.17, 15) is 0 Å². The number of hydrogen-bond acceptors (Lipinski definition) is 3. The zero-order chi connectivity index (χ0) is 14.1. The van der Waals surface area contributed by atoms with Crippen molar-refractivity contribution in [3.63, 3.8) is 0 Å². The highest BCUT2D eigenvalue weighted by atomic mass is 79.9. The molecule has 0 saturated heterocycles. The molecule has 2 aromatic rings. The predicted molar refractivity (Wildman–Crippen MR) is 84.1 cm³/mol. The van der Waals surface area contributed by atoms with Crippen LogP contribution in [0.1, 0.15) is 18.4 Å². The van der Waals surface area contributed by atoms with Crippen LogP contribution in [0, 0.1) is 5.41 Å². The van der Waals surface area contributed by atoms with E-state index in [0.29, 0.717) is 0 Å². The third kappa shape index (κ3) is 2.31. The van der Waals surface area contributed by atoms with Crippen LogP contribution in [0.3, 0.4) is 0 Å². The van der Waals surface area contributed by atoms with Gasteiger partial charge in [0.1, 0.15) is 5.82 Å². The lowest BCUT2D eigenvalue weighted by Gasteiger charge is -2.06. The summed E-state index contributed by atoms with van der Waals surface area (Å²) < 4.78 is 2.54. The Balaban J connectivity index is 2.15. The summed E-state index contributed by atoms with van der Waals surface area (Å²) in [6.07, 6.45) is 3.19. The van der Waals surface area contributed by atoms with Crippen LogP contribution in [0.5, 0.6) is 0 Å². The third-order valence-electron chi connectivity index (χ3n) is 3.48. The molecule has 1 aliphatic rings. The molecule has 0 saturated carbocycles. The molecule has 0 aliphatic carbocycles. The van der Waals surface area contributed by atoms with Gasteiger partial charge in [0, 0.05) is 22.1 Å². The number of benzene rings is 1. The summed E-state index contributed by atoms with van der Waals surface area (Å²) in [5, 5.41) is 15.6. The first-order valence-corrected chi connectivity index (χ1v) is 7.42. The molecule has 0 atom stereocenters. The highest BCUT2D eigenvalue weighted by Crippen LogP contribution is 2.32. The molecule has 104 valence electrons. The van der Waals surface area contributed by atoms with Crippen LogP contribution in [0.25, 0.3) is 11.3 Å². The number of fused-ring (bicyclic) bond motifs is 1. The lowest BCUT2D eigenvalue weighted by Crippen LogP contribution is -2.24. The molecule has 0 unspecified atom stereocenters. The lowest BCUT2D eigenvalue weighted by molar-refractivity contribution is 0.781. The Morgan fingerprint density at radius 1 is 1.30 bits per heavy atom. The molecule has 4 N–H and O–H groups in total. The molecule has 20 heavy (non-hydrogen) atoms. The van der Waals surface area contributed by atoms with Crippen molar-refractivity contribution in [1.29, 1.82) is 5.41 Å². The fraction of sp³-hybridized carbons (Fsp3) is 0.286. The maximum atomic E-state index is 7.69. The Morgan fingerprint density at radius 2 is 2.05 bits per heavy atom. The average Bonchev–Trinajstić information content (AvgIpc) is 2.63. The summed E-state index contributed by atoms with van der Waals surface area (Å²) in [6, 6.07) is 8.06. The van der Waals surface area contributed by atoms with Crippen LogP contribution < -0.4 is 11.1 Å². The van der Waals surface area contributed by atoms with E-state index in [1.54, 1.807) is 0 Å². The number of anilines is 1. The maximum Gasteiger partial charge on any atom is 0.215 e. The standard InChI is InChI=1S/C14H16BrN5/c15-10-6-4-9(5-7-10)12-11-3-1-2-8-18-13(11)20(19-12)14(16)17/h4-7,18H,1-3,8H2,(H3,16,17). The molecule has 0 spiro atoms. The number of nitrogen functional groups attached to an aromatic ring is 1. The fourth-order valence-electron chi connectivity index (χ4n) is 2.52. The lowest BCUT2D eigenvalue weighted by atomic mass is 10.0. The predicted octanol–water partition coefficient (Wildman–Crippen LogP) is 2.80. The van der Waals surface area contributed by atoms with Gasteiger partial charge in [-0.05, 0) is 31.4 Å². The van der Waals surface area contributed by atoms with Crippen molar-refractivity contribution in [1.82, 2.24) is 9.78 Å². The number of halogens is 1. The van der Waals surface area contributed by atoms with Gasteiger partial charge >= 0.3 is 0 Å². The smallest absolute Gasteiger partial charge is 0.215 e. The van der Waals surface area contributed by atoms with Crippen LogP contribution >= 0.6 is 15.9 Å². The van der Waals surface area contributed by atoms with Gasteiger partial charge in [0.15, 0.2) is 0 Å². The Kier molecular flexibility index (Phi) is 3.48. The van der Waals surface area contributed by atoms with E-state index < -0.39 is 0 Å². The molecule has 1 aromatic heterocycles. The van der Waals surface area contributed by atoms with Crippen molar-refractivity contribution in [2.75, 3.05) is 11.9 Å². The Hall–Kier alpha value is -1.82. The third-order valence-corrected chi connectivity index (χ3v) is 4.00. The van der Waals surface area contributed by atoms with Crippen LogP contribution in [-0.4, -0.2) is 22.3 Å². The van der Waals surface area contributed by atoms with Crippen LogP contribution in [0.4, 0.5) is 5.82 Å². The number of aromatic nitrogens is 2. The van der Waals surface area contributed by atoms with Crippen molar-refractivity contribution < 1.29 is 0 Å². The van der Waals surface area contributed by atoms with Gasteiger partial charge in [0.05, 0.1) is 5.69 Å². The number of nitrogens with zero attached hydrogens (tertiary/aromatic N) is 2. The fourth-order valence-corrected chi connectivity index (χ4v) is 2.78. The van der Waals surface area contributed by atoms with Gasteiger partial charge in [-0.2, -0.15) is 9.78 Å². The highest BCUT2D eigenvalue weighted by Gasteiger charge is 2.21. The molecule has 0 radical (unpaired) electrons. The van der Waals surface area contributed by atoms with E-state index >= 15 is 0 Å². The van der Waals surface area contributed by atoms with Gasteiger partial charge in [-0.15, -0.1) is 0 Å². The summed E-state index contributed by atoms with van der Waals surface area (Å²) in [5.41, 5.74) is 8.76. The summed E-state index contributed by atoms with van der Waals surface area (Å²) in [6.45, 7) is 0.895. The van der Waals surface area contributed by atoms with Gasteiger partial charge in [0.2, 0.25) is 5.96 Å².